The van der Waals surface area contributed by atoms with Gasteiger partial charge in [0.15, 0.2) is 0 Å². The SMILES string of the molecule is CCN(CC)C(=O)CN1CCC[C@@H](S(=O)(=O)NC2CCCC2)C1. The number of likely N-dealkylation sites (N-methyl/N-ethyl adjacent to an activating group) is 1. The van der Waals surface area contributed by atoms with Crippen LogP contribution in [0.1, 0.15) is 52.4 Å². The largest absolute Gasteiger partial charge is 0.342 e. The Hall–Kier alpha value is -0.660. The van der Waals surface area contributed by atoms with Crippen LogP contribution in [0.5, 0.6) is 0 Å². The summed E-state index contributed by atoms with van der Waals surface area (Å²) >= 11 is 0. The van der Waals surface area contributed by atoms with E-state index >= 15 is 0 Å². The molecular formula is C16H31N3O3S. The molecule has 0 aromatic heterocycles. The lowest BCUT2D eigenvalue weighted by Gasteiger charge is -2.33. The molecule has 1 atom stereocenters. The van der Waals surface area contributed by atoms with Crippen LogP contribution in [0.15, 0.2) is 0 Å². The van der Waals surface area contributed by atoms with Crippen molar-refractivity contribution in [3.63, 3.8) is 0 Å². The molecule has 0 aromatic carbocycles. The molecule has 1 heterocycles. The Kier molecular flexibility index (Phi) is 6.85. The second-order valence-electron chi connectivity index (χ2n) is 6.71. The molecule has 7 heteroatoms. The van der Waals surface area contributed by atoms with Crippen LogP contribution in [-0.4, -0.2) is 68.1 Å². The van der Waals surface area contributed by atoms with Gasteiger partial charge in [0.05, 0.1) is 11.8 Å². The third kappa shape index (κ3) is 5.16. The summed E-state index contributed by atoms with van der Waals surface area (Å²) in [6.45, 7) is 6.95. The van der Waals surface area contributed by atoms with E-state index in [0.29, 0.717) is 32.6 Å². The summed E-state index contributed by atoms with van der Waals surface area (Å²) in [4.78, 5) is 16.0. The maximum Gasteiger partial charge on any atom is 0.236 e. The predicted octanol–water partition coefficient (Wildman–Crippen LogP) is 1.18. The summed E-state index contributed by atoms with van der Waals surface area (Å²) in [5.41, 5.74) is 0. The van der Waals surface area contributed by atoms with E-state index in [4.69, 9.17) is 0 Å². The van der Waals surface area contributed by atoms with Gasteiger partial charge >= 0.3 is 0 Å². The van der Waals surface area contributed by atoms with Crippen molar-refractivity contribution in [3.8, 4) is 0 Å². The average Bonchev–Trinajstić information content (AvgIpc) is 3.01. The molecular weight excluding hydrogens is 314 g/mol. The highest BCUT2D eigenvalue weighted by atomic mass is 32.2. The summed E-state index contributed by atoms with van der Waals surface area (Å²) in [7, 11) is -3.28. The zero-order valence-corrected chi connectivity index (χ0v) is 15.3. The van der Waals surface area contributed by atoms with E-state index in [1.807, 2.05) is 18.7 Å². The van der Waals surface area contributed by atoms with Gasteiger partial charge in [-0.25, -0.2) is 13.1 Å². The Morgan fingerprint density at radius 2 is 1.78 bits per heavy atom. The van der Waals surface area contributed by atoms with Crippen LogP contribution in [0.25, 0.3) is 0 Å². The van der Waals surface area contributed by atoms with Crippen LogP contribution in [0.4, 0.5) is 0 Å². The number of carbonyl (C=O) groups is 1. The number of piperidine rings is 1. The summed E-state index contributed by atoms with van der Waals surface area (Å²) in [5, 5.41) is -0.388. The van der Waals surface area contributed by atoms with Crippen molar-refractivity contribution >= 4 is 15.9 Å². The fourth-order valence-corrected chi connectivity index (χ4v) is 5.43. The van der Waals surface area contributed by atoms with Gasteiger partial charge in [-0.15, -0.1) is 0 Å². The molecule has 1 saturated heterocycles. The van der Waals surface area contributed by atoms with Crippen LogP contribution in [0.2, 0.25) is 0 Å². The Morgan fingerprint density at radius 3 is 2.39 bits per heavy atom. The summed E-state index contributed by atoms with van der Waals surface area (Å²) in [6, 6.07) is 0.118. The van der Waals surface area contributed by atoms with Crippen molar-refractivity contribution in [2.75, 3.05) is 32.7 Å². The molecule has 0 radical (unpaired) electrons. The highest BCUT2D eigenvalue weighted by molar-refractivity contribution is 7.90. The molecule has 1 N–H and O–H groups in total. The van der Waals surface area contributed by atoms with E-state index < -0.39 is 10.0 Å². The predicted molar refractivity (Wildman–Crippen MR) is 91.7 cm³/mol. The van der Waals surface area contributed by atoms with Crippen molar-refractivity contribution in [3.05, 3.63) is 0 Å². The third-order valence-electron chi connectivity index (χ3n) is 5.06. The number of rotatable bonds is 7. The van der Waals surface area contributed by atoms with E-state index in [9.17, 15) is 13.2 Å². The van der Waals surface area contributed by atoms with Gasteiger partial charge < -0.3 is 4.90 Å². The van der Waals surface area contributed by atoms with Crippen molar-refractivity contribution in [1.82, 2.24) is 14.5 Å². The van der Waals surface area contributed by atoms with Crippen molar-refractivity contribution in [2.24, 2.45) is 0 Å². The maximum atomic E-state index is 12.6. The first-order chi connectivity index (χ1) is 11.0. The average molecular weight is 346 g/mol. The lowest BCUT2D eigenvalue weighted by molar-refractivity contribution is -0.132. The van der Waals surface area contributed by atoms with Crippen molar-refractivity contribution < 1.29 is 13.2 Å². The molecule has 1 saturated carbocycles. The third-order valence-corrected chi connectivity index (χ3v) is 6.99. The van der Waals surface area contributed by atoms with Crippen LogP contribution in [-0.2, 0) is 14.8 Å². The van der Waals surface area contributed by atoms with Gasteiger partial charge in [-0.1, -0.05) is 12.8 Å². The number of sulfonamides is 1. The van der Waals surface area contributed by atoms with Gasteiger partial charge in [0.1, 0.15) is 0 Å². The fourth-order valence-electron chi connectivity index (χ4n) is 3.65. The topological polar surface area (TPSA) is 69.7 Å². The molecule has 0 bridgehead atoms. The standard InChI is InChI=1S/C16H31N3O3S/c1-3-19(4-2)16(20)13-18-11-7-10-15(12-18)23(21,22)17-14-8-5-6-9-14/h14-15,17H,3-13H2,1-2H3/t15-/m1/s1. The number of amides is 1. The van der Waals surface area contributed by atoms with Gasteiger partial charge in [-0.3, -0.25) is 9.69 Å². The number of likely N-dealkylation sites (tertiary alicyclic amines) is 1. The summed E-state index contributed by atoms with van der Waals surface area (Å²) in [6.07, 6.45) is 5.66. The van der Waals surface area contributed by atoms with Crippen LogP contribution >= 0.6 is 0 Å². The van der Waals surface area contributed by atoms with Gasteiger partial charge in [0.25, 0.3) is 0 Å². The van der Waals surface area contributed by atoms with E-state index in [1.54, 1.807) is 4.90 Å². The minimum absolute atomic E-state index is 0.0943. The molecule has 0 aromatic rings. The molecule has 2 rings (SSSR count). The van der Waals surface area contributed by atoms with Gasteiger partial charge in [-0.2, -0.15) is 0 Å². The number of nitrogens with one attached hydrogen (secondary N) is 1. The Labute approximate surface area is 140 Å². The van der Waals surface area contributed by atoms with Gasteiger partial charge in [0.2, 0.25) is 15.9 Å². The minimum atomic E-state index is -3.28. The zero-order valence-electron chi connectivity index (χ0n) is 14.5. The van der Waals surface area contributed by atoms with Gasteiger partial charge in [-0.05, 0) is 46.1 Å². The molecule has 0 spiro atoms. The fraction of sp³-hybridized carbons (Fsp3) is 0.938. The first-order valence-corrected chi connectivity index (χ1v) is 10.5. The van der Waals surface area contributed by atoms with Crippen LogP contribution in [0.3, 0.4) is 0 Å². The molecule has 23 heavy (non-hydrogen) atoms. The molecule has 2 fully saturated rings. The highest BCUT2D eigenvalue weighted by Crippen LogP contribution is 2.22. The van der Waals surface area contributed by atoms with E-state index in [-0.39, 0.29) is 17.2 Å². The smallest absolute Gasteiger partial charge is 0.236 e. The second-order valence-corrected chi connectivity index (χ2v) is 8.70. The second kappa shape index (κ2) is 8.44. The van der Waals surface area contributed by atoms with E-state index in [2.05, 4.69) is 4.72 Å². The number of hydrogen-bond donors (Lipinski definition) is 1. The Morgan fingerprint density at radius 1 is 1.13 bits per heavy atom. The number of nitrogens with zero attached hydrogens (tertiary/aromatic N) is 2. The molecule has 1 aliphatic carbocycles. The van der Waals surface area contributed by atoms with Crippen LogP contribution in [0, 0.1) is 0 Å². The minimum Gasteiger partial charge on any atom is -0.342 e. The lowest BCUT2D eigenvalue weighted by Crippen LogP contribution is -2.50. The first kappa shape index (κ1) is 18.7. The lowest BCUT2D eigenvalue weighted by atomic mass is 10.1. The van der Waals surface area contributed by atoms with Gasteiger partial charge in [0, 0.05) is 25.7 Å². The zero-order chi connectivity index (χ0) is 16.9. The molecule has 6 nitrogen and oxygen atoms in total. The molecule has 0 unspecified atom stereocenters. The monoisotopic (exact) mass is 345 g/mol. The Balaban J connectivity index is 1.90. The molecule has 1 amide bonds. The Bertz CT molecular complexity index is 485. The molecule has 1 aliphatic heterocycles. The quantitative estimate of drug-likeness (QED) is 0.752. The normalized spacial score (nSPS) is 24.0. The molecule has 2 aliphatic rings. The highest BCUT2D eigenvalue weighted by Gasteiger charge is 2.33. The summed E-state index contributed by atoms with van der Waals surface area (Å²) < 4.78 is 28.1. The maximum absolute atomic E-state index is 12.6. The van der Waals surface area contributed by atoms with E-state index in [1.165, 1.54) is 0 Å². The molecule has 134 valence electrons. The van der Waals surface area contributed by atoms with Crippen LogP contribution < -0.4 is 4.72 Å². The number of hydrogen-bond acceptors (Lipinski definition) is 4. The number of carbonyl (C=O) groups excluding carboxylic acids is 1. The van der Waals surface area contributed by atoms with E-state index in [0.717, 1.165) is 38.6 Å². The summed E-state index contributed by atoms with van der Waals surface area (Å²) in [5.74, 6) is 0.0943. The van der Waals surface area contributed by atoms with Crippen molar-refractivity contribution in [1.29, 1.82) is 0 Å². The van der Waals surface area contributed by atoms with Crippen molar-refractivity contribution in [2.45, 2.75) is 63.7 Å². The first-order valence-electron chi connectivity index (χ1n) is 8.97.